The molecule has 1 saturated carbocycles. The van der Waals surface area contributed by atoms with Crippen molar-refractivity contribution in [3.05, 3.63) is 0 Å². The number of hydrogen-bond donors (Lipinski definition) is 1. The molecule has 0 aromatic carbocycles. The number of sulfonamides is 1. The Labute approximate surface area is 80.8 Å². The van der Waals surface area contributed by atoms with Gasteiger partial charge in [0.05, 0.1) is 0 Å². The van der Waals surface area contributed by atoms with Crippen molar-refractivity contribution in [1.29, 1.82) is 0 Å². The maximum Gasteiger partial charge on any atom is 0.226 e. The van der Waals surface area contributed by atoms with Gasteiger partial charge in [0.1, 0.15) is 12.8 Å². The number of primary sulfonamides is 1. The molecule has 2 N–H and O–H groups in total. The quantitative estimate of drug-likeness (QED) is 0.519. The van der Waals surface area contributed by atoms with Gasteiger partial charge in [-0.15, -0.1) is 5.54 Å². The molecule has 74 valence electrons. The van der Waals surface area contributed by atoms with E-state index in [0.717, 1.165) is 0 Å². The van der Waals surface area contributed by atoms with Crippen molar-refractivity contribution in [2.24, 2.45) is 5.14 Å². The van der Waals surface area contributed by atoms with Crippen LogP contribution in [-0.4, -0.2) is 21.2 Å². The lowest BCUT2D eigenvalue weighted by Gasteiger charge is -2.07. The van der Waals surface area contributed by atoms with Crippen molar-refractivity contribution in [2.75, 3.05) is 0 Å². The van der Waals surface area contributed by atoms with E-state index in [-0.39, 0.29) is 0 Å². The second kappa shape index (κ2) is 2.84. The van der Waals surface area contributed by atoms with E-state index >= 15 is 0 Å². The molecule has 0 spiro atoms. The van der Waals surface area contributed by atoms with E-state index in [9.17, 15) is 8.42 Å². The first-order chi connectivity index (χ1) is 5.66. The number of nitrogens with two attached hydrogens (primary N) is 1. The second-order valence-electron chi connectivity index (χ2n) is 4.54. The SMILES string of the molecule is C[Si](C)(C)C#CC1(S(N)(=O)=O)CC1. The van der Waals surface area contributed by atoms with Gasteiger partial charge < -0.3 is 0 Å². The van der Waals surface area contributed by atoms with Gasteiger partial charge in [-0.05, 0) is 12.8 Å². The Balaban J connectivity index is 2.92. The first-order valence-corrected chi connectivity index (χ1v) is 9.28. The van der Waals surface area contributed by atoms with Gasteiger partial charge in [0.15, 0.2) is 0 Å². The van der Waals surface area contributed by atoms with E-state index in [1.54, 1.807) is 0 Å². The zero-order valence-electron chi connectivity index (χ0n) is 8.22. The van der Waals surface area contributed by atoms with Crippen molar-refractivity contribution in [1.82, 2.24) is 0 Å². The summed E-state index contributed by atoms with van der Waals surface area (Å²) in [6.07, 6.45) is 1.20. The molecule has 0 aromatic rings. The topological polar surface area (TPSA) is 60.2 Å². The molecule has 1 aliphatic rings. The summed E-state index contributed by atoms with van der Waals surface area (Å²) in [5.41, 5.74) is 3.06. The molecule has 0 radical (unpaired) electrons. The van der Waals surface area contributed by atoms with Gasteiger partial charge in [0, 0.05) is 0 Å². The van der Waals surface area contributed by atoms with Crippen LogP contribution in [0, 0.1) is 11.5 Å². The van der Waals surface area contributed by atoms with Crippen LogP contribution in [0.3, 0.4) is 0 Å². The molecule has 0 unspecified atom stereocenters. The molecule has 0 atom stereocenters. The average Bonchev–Trinajstić information content (AvgIpc) is 2.58. The fourth-order valence-corrected chi connectivity index (χ4v) is 2.46. The van der Waals surface area contributed by atoms with E-state index in [1.165, 1.54) is 0 Å². The summed E-state index contributed by atoms with van der Waals surface area (Å²) >= 11 is 0. The fraction of sp³-hybridized carbons (Fsp3) is 0.750. The summed E-state index contributed by atoms with van der Waals surface area (Å²) in [7, 11) is -4.95. The van der Waals surface area contributed by atoms with Crippen LogP contribution in [0.2, 0.25) is 19.6 Å². The Morgan fingerprint density at radius 2 is 1.77 bits per heavy atom. The molecule has 13 heavy (non-hydrogen) atoms. The van der Waals surface area contributed by atoms with Crippen LogP contribution in [0.25, 0.3) is 0 Å². The van der Waals surface area contributed by atoms with E-state index < -0.39 is 22.8 Å². The van der Waals surface area contributed by atoms with E-state index in [2.05, 4.69) is 31.1 Å². The van der Waals surface area contributed by atoms with E-state index in [0.29, 0.717) is 12.8 Å². The van der Waals surface area contributed by atoms with Crippen molar-refractivity contribution < 1.29 is 8.42 Å². The number of rotatable bonds is 1. The standard InChI is InChI=1S/C8H15NO2SSi/c1-13(2,3)7-6-8(4-5-8)12(9,10)11/h4-5H2,1-3H3,(H2,9,10,11). The highest BCUT2D eigenvalue weighted by Crippen LogP contribution is 2.41. The zero-order valence-corrected chi connectivity index (χ0v) is 10.0. The maximum absolute atomic E-state index is 11.1. The minimum absolute atomic E-state index is 0.601. The first-order valence-electron chi connectivity index (χ1n) is 4.23. The van der Waals surface area contributed by atoms with Crippen molar-refractivity contribution in [2.45, 2.75) is 37.2 Å². The third kappa shape index (κ3) is 2.56. The van der Waals surface area contributed by atoms with E-state index in [1.807, 2.05) is 0 Å². The molecule has 0 amide bonds. The molecule has 1 rings (SSSR count). The predicted molar refractivity (Wildman–Crippen MR) is 56.2 cm³/mol. The second-order valence-corrected chi connectivity index (χ2v) is 11.2. The number of hydrogen-bond acceptors (Lipinski definition) is 2. The highest BCUT2D eigenvalue weighted by Gasteiger charge is 2.52. The monoisotopic (exact) mass is 217 g/mol. The Kier molecular flexibility index (Phi) is 2.35. The van der Waals surface area contributed by atoms with Crippen LogP contribution >= 0.6 is 0 Å². The summed E-state index contributed by atoms with van der Waals surface area (Å²) in [5.74, 6) is 2.85. The van der Waals surface area contributed by atoms with Gasteiger partial charge in [-0.25, -0.2) is 13.6 Å². The largest absolute Gasteiger partial charge is 0.227 e. The van der Waals surface area contributed by atoms with Crippen LogP contribution in [-0.2, 0) is 10.0 Å². The Bertz CT molecular complexity index is 365. The zero-order chi connectivity index (χ0) is 10.3. The third-order valence-corrected chi connectivity index (χ3v) is 4.39. The predicted octanol–water partition coefficient (Wildman–Crippen LogP) is 0.688. The summed E-state index contributed by atoms with van der Waals surface area (Å²) in [6, 6.07) is 0. The van der Waals surface area contributed by atoms with Crippen LogP contribution in [0.4, 0.5) is 0 Å². The highest BCUT2D eigenvalue weighted by molar-refractivity contribution is 7.91. The van der Waals surface area contributed by atoms with Gasteiger partial charge in [-0.1, -0.05) is 25.6 Å². The molecule has 1 fully saturated rings. The summed E-state index contributed by atoms with van der Waals surface area (Å²) in [4.78, 5) is 0. The molecule has 1 aliphatic carbocycles. The average molecular weight is 217 g/mol. The minimum Gasteiger partial charge on any atom is -0.227 e. The normalized spacial score (nSPS) is 20.3. The van der Waals surface area contributed by atoms with Crippen LogP contribution in [0.5, 0.6) is 0 Å². The Morgan fingerprint density at radius 1 is 1.31 bits per heavy atom. The minimum atomic E-state index is -3.47. The summed E-state index contributed by atoms with van der Waals surface area (Å²) in [6.45, 7) is 6.25. The van der Waals surface area contributed by atoms with Gasteiger partial charge in [-0.3, -0.25) is 0 Å². The Morgan fingerprint density at radius 3 is 2.00 bits per heavy atom. The molecule has 5 heteroatoms. The van der Waals surface area contributed by atoms with Gasteiger partial charge in [-0.2, -0.15) is 0 Å². The van der Waals surface area contributed by atoms with Gasteiger partial charge in [0.25, 0.3) is 0 Å². The molecule has 0 heterocycles. The van der Waals surface area contributed by atoms with Gasteiger partial charge in [0.2, 0.25) is 10.0 Å². The lowest BCUT2D eigenvalue weighted by Crippen LogP contribution is -2.30. The summed E-state index contributed by atoms with van der Waals surface area (Å²) < 4.78 is 21.4. The summed E-state index contributed by atoms with van der Waals surface area (Å²) in [5, 5.41) is 5.09. The lowest BCUT2D eigenvalue weighted by molar-refractivity contribution is 0.590. The molecule has 0 bridgehead atoms. The molecular formula is C8H15NO2SSi. The molecule has 0 aliphatic heterocycles. The van der Waals surface area contributed by atoms with E-state index in [4.69, 9.17) is 5.14 Å². The van der Waals surface area contributed by atoms with Crippen LogP contribution in [0.1, 0.15) is 12.8 Å². The molecule has 0 aromatic heterocycles. The molecular weight excluding hydrogens is 202 g/mol. The van der Waals surface area contributed by atoms with Crippen molar-refractivity contribution in [3.8, 4) is 11.5 Å². The molecule has 0 saturated heterocycles. The van der Waals surface area contributed by atoms with Crippen LogP contribution in [0.15, 0.2) is 0 Å². The fourth-order valence-electron chi connectivity index (χ4n) is 0.896. The first kappa shape index (κ1) is 10.8. The maximum atomic E-state index is 11.1. The Hall–Kier alpha value is -0.313. The lowest BCUT2D eigenvalue weighted by atomic mass is 10.4. The van der Waals surface area contributed by atoms with Crippen LogP contribution < -0.4 is 5.14 Å². The van der Waals surface area contributed by atoms with Crippen molar-refractivity contribution >= 4 is 18.1 Å². The third-order valence-electron chi connectivity index (χ3n) is 1.91. The van der Waals surface area contributed by atoms with Gasteiger partial charge >= 0.3 is 0 Å². The smallest absolute Gasteiger partial charge is 0.226 e. The highest BCUT2D eigenvalue weighted by atomic mass is 32.2. The molecule has 3 nitrogen and oxygen atoms in total. The van der Waals surface area contributed by atoms with Crippen molar-refractivity contribution in [3.63, 3.8) is 0 Å².